The third-order valence-corrected chi connectivity index (χ3v) is 2.89. The minimum Gasteiger partial charge on any atom is -0.281 e. The summed E-state index contributed by atoms with van der Waals surface area (Å²) in [6.45, 7) is 1.18. The van der Waals surface area contributed by atoms with Crippen LogP contribution in [0.2, 0.25) is 0 Å². The fourth-order valence-electron chi connectivity index (χ4n) is 0.950. The minimum atomic E-state index is -6.37. The molecule has 98 valence electrons. The summed E-state index contributed by atoms with van der Waals surface area (Å²) in [5, 5.41) is 4.65. The van der Waals surface area contributed by atoms with Gasteiger partial charge < -0.3 is 0 Å². The lowest BCUT2D eigenvalue weighted by Crippen LogP contribution is -2.50. The van der Waals surface area contributed by atoms with Crippen LogP contribution in [-0.4, -0.2) is 22.3 Å². The highest BCUT2D eigenvalue weighted by atomic mass is 79.9. The van der Waals surface area contributed by atoms with Crippen molar-refractivity contribution in [3.05, 3.63) is 15.9 Å². The van der Waals surface area contributed by atoms with E-state index in [2.05, 4.69) is 21.0 Å². The SMILES string of the molecule is Cc1[nH]nc(C(F)(F)C(F)(F)C(F)(F)F)c1Br. The Morgan fingerprint density at radius 3 is 1.82 bits per heavy atom. The number of aromatic nitrogens is 2. The van der Waals surface area contributed by atoms with E-state index in [1.807, 2.05) is 5.10 Å². The normalized spacial score (nSPS) is 14.2. The Morgan fingerprint density at radius 1 is 1.06 bits per heavy atom. The molecule has 0 saturated heterocycles. The monoisotopic (exact) mass is 328 g/mol. The molecule has 17 heavy (non-hydrogen) atoms. The van der Waals surface area contributed by atoms with Gasteiger partial charge in [0.15, 0.2) is 5.69 Å². The summed E-state index contributed by atoms with van der Waals surface area (Å²) in [5.41, 5.74) is -1.77. The van der Waals surface area contributed by atoms with Crippen molar-refractivity contribution in [2.45, 2.75) is 24.9 Å². The van der Waals surface area contributed by atoms with Crippen LogP contribution >= 0.6 is 15.9 Å². The largest absolute Gasteiger partial charge is 0.460 e. The third-order valence-electron chi connectivity index (χ3n) is 1.92. The van der Waals surface area contributed by atoms with E-state index in [4.69, 9.17) is 0 Å². The number of aryl methyl sites for hydroxylation is 1. The lowest BCUT2D eigenvalue weighted by atomic mass is 10.1. The van der Waals surface area contributed by atoms with E-state index in [0.29, 0.717) is 0 Å². The first-order valence-electron chi connectivity index (χ1n) is 3.96. The Hall–Kier alpha value is -0.800. The van der Waals surface area contributed by atoms with Crippen LogP contribution in [0, 0.1) is 6.92 Å². The Bertz CT molecular complexity index is 422. The second-order valence-corrected chi connectivity index (χ2v) is 3.95. The van der Waals surface area contributed by atoms with Crippen molar-refractivity contribution in [2.24, 2.45) is 0 Å². The lowest BCUT2D eigenvalue weighted by Gasteiger charge is -2.27. The van der Waals surface area contributed by atoms with E-state index in [1.165, 1.54) is 6.92 Å². The average Bonchev–Trinajstić information content (AvgIpc) is 2.45. The van der Waals surface area contributed by atoms with Crippen LogP contribution in [-0.2, 0) is 5.92 Å². The Kier molecular flexibility index (Phi) is 3.23. The van der Waals surface area contributed by atoms with Crippen molar-refractivity contribution in [3.63, 3.8) is 0 Å². The predicted molar refractivity (Wildman–Crippen MR) is 45.9 cm³/mol. The standard InChI is InChI=1S/C7H4BrF7N2/c1-2-3(8)4(17-16-2)5(9,10)6(11,12)7(13,14)15/h1H3,(H,16,17). The number of alkyl halides is 7. The summed E-state index contributed by atoms with van der Waals surface area (Å²) in [5.74, 6) is -11.7. The fourth-order valence-corrected chi connectivity index (χ4v) is 1.38. The first kappa shape index (κ1) is 14.3. The van der Waals surface area contributed by atoms with Crippen molar-refractivity contribution in [1.82, 2.24) is 10.2 Å². The Labute approximate surface area is 98.3 Å². The van der Waals surface area contributed by atoms with E-state index >= 15 is 0 Å². The molecule has 0 amide bonds. The maximum Gasteiger partial charge on any atom is 0.460 e. The Morgan fingerprint density at radius 2 is 1.53 bits per heavy atom. The maximum absolute atomic E-state index is 13.1. The summed E-state index contributed by atoms with van der Waals surface area (Å²) in [6, 6.07) is 0. The number of hydrogen-bond donors (Lipinski definition) is 1. The first-order chi connectivity index (χ1) is 7.43. The number of rotatable bonds is 2. The second-order valence-electron chi connectivity index (χ2n) is 3.16. The van der Waals surface area contributed by atoms with E-state index < -0.39 is 28.2 Å². The molecule has 0 bridgehead atoms. The van der Waals surface area contributed by atoms with Gasteiger partial charge in [0, 0.05) is 5.69 Å². The molecule has 0 unspecified atom stereocenters. The molecular weight excluding hydrogens is 325 g/mol. The molecule has 2 nitrogen and oxygen atoms in total. The average molecular weight is 329 g/mol. The molecule has 0 fully saturated rings. The molecule has 0 radical (unpaired) electrons. The van der Waals surface area contributed by atoms with E-state index in [9.17, 15) is 30.7 Å². The van der Waals surface area contributed by atoms with Gasteiger partial charge in [0.2, 0.25) is 0 Å². The molecule has 1 aromatic heterocycles. The van der Waals surface area contributed by atoms with Gasteiger partial charge in [-0.05, 0) is 22.9 Å². The third kappa shape index (κ3) is 2.02. The molecule has 1 rings (SSSR count). The summed E-state index contributed by atoms with van der Waals surface area (Å²) in [6.07, 6.45) is -6.37. The number of halogens is 8. The molecule has 0 atom stereocenters. The predicted octanol–water partition coefficient (Wildman–Crippen LogP) is 3.77. The zero-order chi connectivity index (χ0) is 13.6. The van der Waals surface area contributed by atoms with Crippen LogP contribution in [0.3, 0.4) is 0 Å². The van der Waals surface area contributed by atoms with Crippen LogP contribution in [0.15, 0.2) is 4.47 Å². The molecule has 0 spiro atoms. The van der Waals surface area contributed by atoms with Gasteiger partial charge in [-0.25, -0.2) is 0 Å². The summed E-state index contributed by atoms with van der Waals surface area (Å²) >= 11 is 2.47. The van der Waals surface area contributed by atoms with Crippen LogP contribution < -0.4 is 0 Å². The van der Waals surface area contributed by atoms with Gasteiger partial charge in [-0.15, -0.1) is 0 Å². The van der Waals surface area contributed by atoms with Gasteiger partial charge in [0.1, 0.15) is 0 Å². The molecule has 0 aliphatic rings. The minimum absolute atomic E-state index is 0.0855. The van der Waals surface area contributed by atoms with E-state index in [0.717, 1.165) is 0 Å². The number of aromatic amines is 1. The van der Waals surface area contributed by atoms with Crippen LogP contribution in [0.5, 0.6) is 0 Å². The van der Waals surface area contributed by atoms with Crippen molar-refractivity contribution >= 4 is 15.9 Å². The Balaban J connectivity index is 3.33. The summed E-state index contributed by atoms with van der Waals surface area (Å²) in [7, 11) is 0. The van der Waals surface area contributed by atoms with Gasteiger partial charge in [0.25, 0.3) is 0 Å². The number of hydrogen-bond acceptors (Lipinski definition) is 1. The van der Waals surface area contributed by atoms with Crippen LogP contribution in [0.4, 0.5) is 30.7 Å². The quantitative estimate of drug-likeness (QED) is 0.822. The van der Waals surface area contributed by atoms with Crippen molar-refractivity contribution in [2.75, 3.05) is 0 Å². The molecule has 0 aromatic carbocycles. The highest BCUT2D eigenvalue weighted by Crippen LogP contribution is 2.52. The molecule has 0 aliphatic heterocycles. The highest BCUT2D eigenvalue weighted by Gasteiger charge is 2.74. The van der Waals surface area contributed by atoms with E-state index in [-0.39, 0.29) is 5.69 Å². The lowest BCUT2D eigenvalue weighted by molar-refractivity contribution is -0.360. The van der Waals surface area contributed by atoms with Crippen LogP contribution in [0.1, 0.15) is 11.4 Å². The highest BCUT2D eigenvalue weighted by molar-refractivity contribution is 9.10. The van der Waals surface area contributed by atoms with Gasteiger partial charge in [-0.1, -0.05) is 0 Å². The van der Waals surface area contributed by atoms with Gasteiger partial charge in [-0.3, -0.25) is 5.10 Å². The smallest absolute Gasteiger partial charge is 0.281 e. The van der Waals surface area contributed by atoms with E-state index in [1.54, 1.807) is 0 Å². The zero-order valence-electron chi connectivity index (χ0n) is 7.97. The summed E-state index contributed by atoms with van der Waals surface area (Å²) < 4.78 is 86.5. The first-order valence-corrected chi connectivity index (χ1v) is 4.75. The number of nitrogens with one attached hydrogen (secondary N) is 1. The van der Waals surface area contributed by atoms with Crippen molar-refractivity contribution in [1.29, 1.82) is 0 Å². The number of nitrogens with zero attached hydrogens (tertiary/aromatic N) is 1. The zero-order valence-corrected chi connectivity index (χ0v) is 9.56. The maximum atomic E-state index is 13.1. The molecule has 1 heterocycles. The topological polar surface area (TPSA) is 28.7 Å². The molecule has 10 heteroatoms. The molecule has 0 aliphatic carbocycles. The van der Waals surface area contributed by atoms with Gasteiger partial charge in [-0.2, -0.15) is 35.8 Å². The molecule has 1 aromatic rings. The van der Waals surface area contributed by atoms with Crippen molar-refractivity contribution < 1.29 is 30.7 Å². The second kappa shape index (κ2) is 3.85. The fraction of sp³-hybridized carbons (Fsp3) is 0.571. The van der Waals surface area contributed by atoms with Gasteiger partial charge >= 0.3 is 18.0 Å². The number of H-pyrrole nitrogens is 1. The summed E-state index contributed by atoms with van der Waals surface area (Å²) in [4.78, 5) is 0. The molecular formula is C7H4BrF7N2. The van der Waals surface area contributed by atoms with Crippen molar-refractivity contribution in [3.8, 4) is 0 Å². The van der Waals surface area contributed by atoms with Crippen LogP contribution in [0.25, 0.3) is 0 Å². The molecule has 1 N–H and O–H groups in total. The van der Waals surface area contributed by atoms with Gasteiger partial charge in [0.05, 0.1) is 4.47 Å². The molecule has 0 saturated carbocycles.